The Labute approximate surface area is 80.0 Å². The van der Waals surface area contributed by atoms with Crippen LogP contribution in [0.15, 0.2) is 12.3 Å². The molecule has 0 saturated carbocycles. The van der Waals surface area contributed by atoms with Gasteiger partial charge in [0.05, 0.1) is 4.92 Å². The van der Waals surface area contributed by atoms with E-state index in [0.717, 1.165) is 19.0 Å². The molecular weight excluding hydrogens is 166 g/mol. The largest absolute Gasteiger partial charge is 0.259 e. The van der Waals surface area contributed by atoms with Crippen molar-refractivity contribution >= 4 is 0 Å². The van der Waals surface area contributed by atoms with Gasteiger partial charge in [-0.05, 0) is 18.9 Å². The van der Waals surface area contributed by atoms with E-state index in [4.69, 9.17) is 0 Å². The highest BCUT2D eigenvalue weighted by molar-refractivity contribution is 4.71. The van der Waals surface area contributed by atoms with Crippen molar-refractivity contribution in [2.45, 2.75) is 51.9 Å². The van der Waals surface area contributed by atoms with Crippen LogP contribution >= 0.6 is 0 Å². The first-order chi connectivity index (χ1) is 6.27. The van der Waals surface area contributed by atoms with Gasteiger partial charge in [-0.25, -0.2) is 0 Å². The lowest BCUT2D eigenvalue weighted by molar-refractivity contribution is -0.402. The van der Waals surface area contributed by atoms with E-state index in [1.807, 2.05) is 0 Å². The van der Waals surface area contributed by atoms with Gasteiger partial charge in [0, 0.05) is 0 Å². The fraction of sp³-hybridized carbons (Fsp3) is 0.800. The lowest BCUT2D eigenvalue weighted by Crippen LogP contribution is -1.82. The third kappa shape index (κ3) is 11.1. The van der Waals surface area contributed by atoms with E-state index in [9.17, 15) is 10.1 Å². The van der Waals surface area contributed by atoms with E-state index < -0.39 is 4.92 Å². The third-order valence-corrected chi connectivity index (χ3v) is 1.95. The molecule has 0 spiro atoms. The molecule has 3 nitrogen and oxygen atoms in total. The number of nitro groups is 1. The average Bonchev–Trinajstić information content (AvgIpc) is 2.09. The lowest BCUT2D eigenvalue weighted by Gasteiger charge is -1.96. The number of rotatable bonds is 8. The van der Waals surface area contributed by atoms with Crippen LogP contribution in [0.3, 0.4) is 0 Å². The van der Waals surface area contributed by atoms with Crippen molar-refractivity contribution in [1.29, 1.82) is 0 Å². The molecule has 0 aliphatic rings. The summed E-state index contributed by atoms with van der Waals surface area (Å²) >= 11 is 0. The van der Waals surface area contributed by atoms with Gasteiger partial charge >= 0.3 is 0 Å². The second-order valence-electron chi connectivity index (χ2n) is 3.23. The molecule has 0 aliphatic heterocycles. The van der Waals surface area contributed by atoms with Crippen LogP contribution in [0.25, 0.3) is 0 Å². The molecule has 76 valence electrons. The van der Waals surface area contributed by atoms with Gasteiger partial charge in [0.1, 0.15) is 0 Å². The quantitative estimate of drug-likeness (QED) is 0.330. The smallest absolute Gasteiger partial charge is 0.230 e. The van der Waals surface area contributed by atoms with Crippen molar-refractivity contribution in [3.05, 3.63) is 22.4 Å². The first kappa shape index (κ1) is 12.1. The molecule has 0 aliphatic carbocycles. The fourth-order valence-electron chi connectivity index (χ4n) is 1.20. The van der Waals surface area contributed by atoms with E-state index in [-0.39, 0.29) is 0 Å². The highest BCUT2D eigenvalue weighted by Crippen LogP contribution is 2.06. The molecule has 13 heavy (non-hydrogen) atoms. The Morgan fingerprint density at radius 1 is 1.15 bits per heavy atom. The molecule has 0 saturated heterocycles. The van der Waals surface area contributed by atoms with Crippen molar-refractivity contribution in [2.75, 3.05) is 0 Å². The molecule has 0 heterocycles. The number of hydrogen-bond donors (Lipinski definition) is 0. The Hall–Kier alpha value is -0.860. The average molecular weight is 185 g/mol. The van der Waals surface area contributed by atoms with Gasteiger partial charge in [0.15, 0.2) is 0 Å². The van der Waals surface area contributed by atoms with Crippen molar-refractivity contribution in [3.63, 3.8) is 0 Å². The van der Waals surface area contributed by atoms with Crippen LogP contribution in [-0.2, 0) is 0 Å². The van der Waals surface area contributed by atoms with Crippen LogP contribution in [0, 0.1) is 10.1 Å². The first-order valence-corrected chi connectivity index (χ1v) is 5.07. The van der Waals surface area contributed by atoms with Gasteiger partial charge in [-0.3, -0.25) is 10.1 Å². The Bertz CT molecular complexity index is 155. The Balaban J connectivity index is 3.03. The zero-order valence-electron chi connectivity index (χ0n) is 8.37. The molecule has 0 unspecified atom stereocenters. The molecule has 0 aromatic carbocycles. The summed E-state index contributed by atoms with van der Waals surface area (Å²) in [6.07, 6.45) is 10.9. The molecule has 0 rings (SSSR count). The predicted molar refractivity (Wildman–Crippen MR) is 54.1 cm³/mol. The van der Waals surface area contributed by atoms with E-state index in [2.05, 4.69) is 6.92 Å². The van der Waals surface area contributed by atoms with Gasteiger partial charge in [-0.2, -0.15) is 0 Å². The monoisotopic (exact) mass is 185 g/mol. The standard InChI is InChI=1S/C10H19NO2/c1-2-3-4-5-6-7-8-9-10-11(12)13/h9-10H,2-8H2,1H3/b10-9+. The molecule has 0 bridgehead atoms. The fourth-order valence-corrected chi connectivity index (χ4v) is 1.20. The van der Waals surface area contributed by atoms with Crippen LogP contribution in [0.4, 0.5) is 0 Å². The van der Waals surface area contributed by atoms with Crippen LogP contribution in [-0.4, -0.2) is 4.92 Å². The second kappa shape index (κ2) is 9.23. The normalized spacial score (nSPS) is 10.8. The number of unbranched alkanes of at least 4 members (excludes halogenated alkanes) is 6. The summed E-state index contributed by atoms with van der Waals surface area (Å²) in [4.78, 5) is 9.49. The van der Waals surface area contributed by atoms with Crippen molar-refractivity contribution in [1.82, 2.24) is 0 Å². The van der Waals surface area contributed by atoms with Gasteiger partial charge in [-0.1, -0.05) is 39.0 Å². The van der Waals surface area contributed by atoms with E-state index >= 15 is 0 Å². The highest BCUT2D eigenvalue weighted by Gasteiger charge is 1.89. The molecule has 0 aromatic rings. The molecule has 0 amide bonds. The van der Waals surface area contributed by atoms with Crippen LogP contribution in [0.2, 0.25) is 0 Å². The van der Waals surface area contributed by atoms with Crippen LogP contribution < -0.4 is 0 Å². The highest BCUT2D eigenvalue weighted by atomic mass is 16.6. The summed E-state index contributed by atoms with van der Waals surface area (Å²) in [5.41, 5.74) is 0. The van der Waals surface area contributed by atoms with E-state index in [1.54, 1.807) is 6.08 Å². The minimum absolute atomic E-state index is 0.406. The summed E-state index contributed by atoms with van der Waals surface area (Å²) in [6, 6.07) is 0. The van der Waals surface area contributed by atoms with Crippen LogP contribution in [0.5, 0.6) is 0 Å². The zero-order valence-corrected chi connectivity index (χ0v) is 8.37. The summed E-state index contributed by atoms with van der Waals surface area (Å²) in [7, 11) is 0. The molecule has 0 N–H and O–H groups in total. The minimum Gasteiger partial charge on any atom is -0.259 e. The molecule has 0 radical (unpaired) electrons. The number of hydrogen-bond acceptors (Lipinski definition) is 2. The van der Waals surface area contributed by atoms with Crippen LogP contribution in [0.1, 0.15) is 51.9 Å². The molecule has 0 fully saturated rings. The molecule has 0 aromatic heterocycles. The van der Waals surface area contributed by atoms with Crippen molar-refractivity contribution in [3.8, 4) is 0 Å². The van der Waals surface area contributed by atoms with E-state index in [0.29, 0.717) is 0 Å². The Morgan fingerprint density at radius 3 is 2.38 bits per heavy atom. The molecule has 3 heteroatoms. The SMILES string of the molecule is CCCCCCCC/C=C/[N+](=O)[O-]. The van der Waals surface area contributed by atoms with Gasteiger partial charge in [0.2, 0.25) is 6.20 Å². The predicted octanol–water partition coefficient (Wildman–Crippen LogP) is 3.53. The Morgan fingerprint density at radius 2 is 1.77 bits per heavy atom. The minimum atomic E-state index is -0.406. The second-order valence-corrected chi connectivity index (χ2v) is 3.23. The third-order valence-electron chi connectivity index (χ3n) is 1.95. The van der Waals surface area contributed by atoms with Gasteiger partial charge in [-0.15, -0.1) is 0 Å². The van der Waals surface area contributed by atoms with Gasteiger partial charge < -0.3 is 0 Å². The first-order valence-electron chi connectivity index (χ1n) is 5.07. The summed E-state index contributed by atoms with van der Waals surface area (Å²) < 4.78 is 0. The van der Waals surface area contributed by atoms with Crippen molar-refractivity contribution < 1.29 is 4.92 Å². The summed E-state index contributed by atoms with van der Waals surface area (Å²) in [5, 5.41) is 9.89. The number of nitrogens with zero attached hydrogens (tertiary/aromatic N) is 1. The molecule has 0 atom stereocenters. The molecular formula is C10H19NO2. The topological polar surface area (TPSA) is 43.1 Å². The van der Waals surface area contributed by atoms with E-state index in [1.165, 1.54) is 32.1 Å². The van der Waals surface area contributed by atoms with Crippen molar-refractivity contribution in [2.24, 2.45) is 0 Å². The summed E-state index contributed by atoms with van der Waals surface area (Å²) in [6.45, 7) is 2.19. The summed E-state index contributed by atoms with van der Waals surface area (Å²) in [5.74, 6) is 0. The van der Waals surface area contributed by atoms with Gasteiger partial charge in [0.25, 0.3) is 0 Å². The maximum atomic E-state index is 9.89. The Kier molecular flexibility index (Phi) is 8.62. The maximum absolute atomic E-state index is 9.89. The number of allylic oxidation sites excluding steroid dienone is 1. The maximum Gasteiger partial charge on any atom is 0.230 e. The zero-order chi connectivity index (χ0) is 9.94. The lowest BCUT2D eigenvalue weighted by atomic mass is 10.1.